The number of pyridine rings is 1. The predicted molar refractivity (Wildman–Crippen MR) is 94.7 cm³/mol. The third-order valence-electron chi connectivity index (χ3n) is 3.73. The Balaban J connectivity index is 2.22. The number of carbonyl (C=O) groups is 1. The molecule has 0 radical (unpaired) electrons. The van der Waals surface area contributed by atoms with Crippen LogP contribution in [-0.4, -0.2) is 15.4 Å². The number of benzene rings is 1. The van der Waals surface area contributed by atoms with Gasteiger partial charge in [0.05, 0.1) is 17.2 Å². The molecule has 0 spiro atoms. The molecule has 1 heterocycles. The monoisotopic (exact) mass is 374 g/mol. The number of carbonyl (C=O) groups excluding carboxylic acids is 1. The van der Waals surface area contributed by atoms with Crippen LogP contribution >= 0.6 is 11.6 Å². The van der Waals surface area contributed by atoms with Crippen LogP contribution in [0.1, 0.15) is 30.5 Å². The molecule has 1 aromatic carbocycles. The van der Waals surface area contributed by atoms with Gasteiger partial charge in [-0.3, -0.25) is 24.3 Å². The molecule has 1 amide bonds. The van der Waals surface area contributed by atoms with Gasteiger partial charge in [-0.1, -0.05) is 30.7 Å². The van der Waals surface area contributed by atoms with Gasteiger partial charge in [0.1, 0.15) is 18.2 Å². The second kappa shape index (κ2) is 8.27. The van der Waals surface area contributed by atoms with Gasteiger partial charge in [-0.05, 0) is 24.1 Å². The molecule has 0 aliphatic heterocycles. The van der Waals surface area contributed by atoms with Crippen LogP contribution < -0.4 is 10.9 Å². The molecule has 1 aromatic heterocycles. The van der Waals surface area contributed by atoms with Crippen LogP contribution in [-0.2, 0) is 11.3 Å². The summed E-state index contributed by atoms with van der Waals surface area (Å²) in [7, 11) is 0. The van der Waals surface area contributed by atoms with Gasteiger partial charge in [-0.15, -0.1) is 0 Å². The van der Waals surface area contributed by atoms with E-state index in [1.807, 2.05) is 6.92 Å². The minimum Gasteiger partial charge on any atom is -0.348 e. The fraction of sp³-hybridized carbons (Fsp3) is 0.235. The molecule has 1 N–H and O–H groups in total. The molecule has 8 nitrogen and oxygen atoms in total. The molecule has 0 aliphatic rings. The second-order valence-electron chi connectivity index (χ2n) is 5.49. The largest absolute Gasteiger partial charge is 0.348 e. The number of nitriles is 1. The number of hydrogen-bond donors (Lipinski definition) is 1. The van der Waals surface area contributed by atoms with Crippen molar-refractivity contribution >= 4 is 23.2 Å². The fourth-order valence-corrected chi connectivity index (χ4v) is 2.55. The molecule has 26 heavy (non-hydrogen) atoms. The van der Waals surface area contributed by atoms with E-state index in [1.54, 1.807) is 30.3 Å². The van der Waals surface area contributed by atoms with Crippen LogP contribution in [0, 0.1) is 21.4 Å². The van der Waals surface area contributed by atoms with Crippen molar-refractivity contribution < 1.29 is 9.72 Å². The Labute approximate surface area is 153 Å². The van der Waals surface area contributed by atoms with Crippen molar-refractivity contribution in [2.45, 2.75) is 25.9 Å². The topological polar surface area (TPSA) is 118 Å². The lowest BCUT2D eigenvalue weighted by Gasteiger charge is -2.18. The summed E-state index contributed by atoms with van der Waals surface area (Å²) in [6.07, 6.45) is 1.55. The van der Waals surface area contributed by atoms with Crippen LogP contribution in [0.5, 0.6) is 0 Å². The molecule has 0 saturated carbocycles. The highest BCUT2D eigenvalue weighted by atomic mass is 35.5. The maximum Gasteiger partial charge on any atom is 0.287 e. The summed E-state index contributed by atoms with van der Waals surface area (Å²) in [4.78, 5) is 34.6. The van der Waals surface area contributed by atoms with Crippen LogP contribution in [0.4, 0.5) is 5.69 Å². The molecule has 2 aromatic rings. The van der Waals surface area contributed by atoms with Crippen molar-refractivity contribution in [3.63, 3.8) is 0 Å². The van der Waals surface area contributed by atoms with E-state index < -0.39 is 34.2 Å². The summed E-state index contributed by atoms with van der Waals surface area (Å²) in [6.45, 7) is 1.45. The van der Waals surface area contributed by atoms with E-state index in [0.29, 0.717) is 11.4 Å². The highest BCUT2D eigenvalue weighted by Crippen LogP contribution is 2.19. The van der Waals surface area contributed by atoms with Crippen LogP contribution in [0.2, 0.25) is 5.02 Å². The summed E-state index contributed by atoms with van der Waals surface area (Å²) in [5, 5.41) is 23.2. The summed E-state index contributed by atoms with van der Waals surface area (Å²) in [5.41, 5.74) is -0.738. The molecule has 134 valence electrons. The predicted octanol–water partition coefficient (Wildman–Crippen LogP) is 2.55. The molecule has 0 saturated heterocycles. The molecular weight excluding hydrogens is 360 g/mol. The fourth-order valence-electron chi connectivity index (χ4n) is 2.43. The van der Waals surface area contributed by atoms with Crippen molar-refractivity contribution in [1.29, 1.82) is 5.26 Å². The number of amides is 1. The molecule has 2 rings (SSSR count). The minimum atomic E-state index is -0.757. The number of aromatic nitrogens is 1. The van der Waals surface area contributed by atoms with E-state index in [4.69, 9.17) is 16.9 Å². The maximum absolute atomic E-state index is 12.3. The van der Waals surface area contributed by atoms with E-state index in [2.05, 4.69) is 5.32 Å². The maximum atomic E-state index is 12.3. The molecule has 1 atom stereocenters. The number of halogens is 1. The van der Waals surface area contributed by atoms with Gasteiger partial charge in [0, 0.05) is 11.1 Å². The zero-order valence-corrected chi connectivity index (χ0v) is 14.6. The first kappa shape index (κ1) is 19.1. The average Bonchev–Trinajstić information content (AvgIpc) is 2.62. The summed E-state index contributed by atoms with van der Waals surface area (Å²) < 4.78 is 0.862. The van der Waals surface area contributed by atoms with E-state index in [1.165, 1.54) is 0 Å². The van der Waals surface area contributed by atoms with Crippen molar-refractivity contribution in [2.24, 2.45) is 0 Å². The lowest BCUT2D eigenvalue weighted by Crippen LogP contribution is -2.35. The Morgan fingerprint density at radius 2 is 2.08 bits per heavy atom. The first-order chi connectivity index (χ1) is 12.3. The number of nitro groups is 1. The van der Waals surface area contributed by atoms with Gasteiger partial charge in [0.2, 0.25) is 5.91 Å². The Morgan fingerprint density at radius 3 is 2.62 bits per heavy atom. The summed E-state index contributed by atoms with van der Waals surface area (Å²) in [5.74, 6) is -0.502. The van der Waals surface area contributed by atoms with Crippen LogP contribution in [0.3, 0.4) is 0 Å². The van der Waals surface area contributed by atoms with Gasteiger partial charge in [-0.2, -0.15) is 5.26 Å². The second-order valence-corrected chi connectivity index (χ2v) is 5.93. The van der Waals surface area contributed by atoms with Crippen molar-refractivity contribution in [3.8, 4) is 6.07 Å². The standard InChI is InChI=1S/C17H15ClN4O4/c1-2-15(11-3-5-13(18)6-4-11)20-16(23)10-21-9-14(22(25)26)7-12(8-19)17(21)24/h3-7,9,15H,2,10H2,1H3,(H,20,23). The van der Waals surface area contributed by atoms with Crippen molar-refractivity contribution in [3.05, 3.63) is 73.1 Å². The van der Waals surface area contributed by atoms with E-state index in [9.17, 15) is 19.7 Å². The smallest absolute Gasteiger partial charge is 0.287 e. The molecule has 0 aliphatic carbocycles. The normalized spacial score (nSPS) is 11.4. The third kappa shape index (κ3) is 4.46. The van der Waals surface area contributed by atoms with E-state index in [0.717, 1.165) is 22.4 Å². The highest BCUT2D eigenvalue weighted by molar-refractivity contribution is 6.30. The van der Waals surface area contributed by atoms with Gasteiger partial charge in [-0.25, -0.2) is 0 Å². The van der Waals surface area contributed by atoms with E-state index in [-0.39, 0.29) is 6.04 Å². The quantitative estimate of drug-likeness (QED) is 0.615. The van der Waals surface area contributed by atoms with Crippen LogP contribution in [0.15, 0.2) is 41.3 Å². The van der Waals surface area contributed by atoms with E-state index >= 15 is 0 Å². The lowest BCUT2D eigenvalue weighted by atomic mass is 10.0. The first-order valence-electron chi connectivity index (χ1n) is 7.69. The highest BCUT2D eigenvalue weighted by Gasteiger charge is 2.17. The molecule has 0 bridgehead atoms. The number of hydrogen-bond acceptors (Lipinski definition) is 5. The van der Waals surface area contributed by atoms with Gasteiger partial charge < -0.3 is 5.32 Å². The lowest BCUT2D eigenvalue weighted by molar-refractivity contribution is -0.385. The zero-order chi connectivity index (χ0) is 19.3. The van der Waals surface area contributed by atoms with Gasteiger partial charge in [0.15, 0.2) is 0 Å². The first-order valence-corrected chi connectivity index (χ1v) is 8.07. The summed E-state index contributed by atoms with van der Waals surface area (Å²) >= 11 is 5.85. The van der Waals surface area contributed by atoms with Gasteiger partial charge >= 0.3 is 0 Å². The number of rotatable bonds is 6. The number of nitrogens with one attached hydrogen (secondary N) is 1. The molecule has 9 heteroatoms. The van der Waals surface area contributed by atoms with Crippen LogP contribution in [0.25, 0.3) is 0 Å². The Morgan fingerprint density at radius 1 is 1.42 bits per heavy atom. The number of nitrogens with zero attached hydrogens (tertiary/aromatic N) is 3. The Kier molecular flexibility index (Phi) is 6.09. The Hall–Kier alpha value is -3.18. The average molecular weight is 375 g/mol. The van der Waals surface area contributed by atoms with Gasteiger partial charge in [0.25, 0.3) is 11.2 Å². The zero-order valence-electron chi connectivity index (χ0n) is 13.8. The molecule has 1 unspecified atom stereocenters. The minimum absolute atomic E-state index is 0.301. The SMILES string of the molecule is CCC(NC(=O)Cn1cc([N+](=O)[O-])cc(C#N)c1=O)c1ccc(Cl)cc1. The Bertz CT molecular complexity index is 931. The molecule has 0 fully saturated rings. The summed E-state index contributed by atoms with van der Waals surface area (Å²) in [6, 6.07) is 9.16. The van der Waals surface area contributed by atoms with Crippen molar-refractivity contribution in [2.75, 3.05) is 0 Å². The third-order valence-corrected chi connectivity index (χ3v) is 3.98. The van der Waals surface area contributed by atoms with Crippen molar-refractivity contribution in [1.82, 2.24) is 9.88 Å². The molecular formula is C17H15ClN4O4.